The molecule has 5 heterocycles. The molecule has 6 rings (SSSR count). The van der Waals surface area contributed by atoms with E-state index in [0.29, 0.717) is 19.7 Å². The summed E-state index contributed by atoms with van der Waals surface area (Å²) in [5.41, 5.74) is 5.69. The predicted molar refractivity (Wildman–Crippen MR) is 143 cm³/mol. The molecule has 4 aromatic rings. The van der Waals surface area contributed by atoms with Crippen molar-refractivity contribution in [2.45, 2.75) is 52.7 Å². The van der Waals surface area contributed by atoms with Crippen LogP contribution >= 0.6 is 0 Å². The summed E-state index contributed by atoms with van der Waals surface area (Å²) in [6, 6.07) is 9.75. The summed E-state index contributed by atoms with van der Waals surface area (Å²) in [4.78, 5) is 24.4. The Morgan fingerprint density at radius 2 is 2.00 bits per heavy atom. The van der Waals surface area contributed by atoms with Crippen molar-refractivity contribution in [1.82, 2.24) is 24.6 Å². The second-order valence-corrected chi connectivity index (χ2v) is 10.8. The van der Waals surface area contributed by atoms with Crippen LogP contribution in [0.2, 0.25) is 0 Å². The fourth-order valence-corrected chi connectivity index (χ4v) is 5.31. The van der Waals surface area contributed by atoms with E-state index in [9.17, 15) is 4.79 Å². The lowest BCUT2D eigenvalue weighted by Gasteiger charge is -2.32. The lowest BCUT2D eigenvalue weighted by Crippen LogP contribution is -2.40. The van der Waals surface area contributed by atoms with Crippen molar-refractivity contribution in [3.05, 3.63) is 65.6 Å². The minimum atomic E-state index is -0.558. The number of hydrogen-bond donors (Lipinski definition) is 0. The molecule has 1 atom stereocenters. The Morgan fingerprint density at radius 1 is 1.16 bits per heavy atom. The average molecular weight is 514 g/mol. The number of benzene rings is 1. The lowest BCUT2D eigenvalue weighted by molar-refractivity contribution is 0.0272. The minimum absolute atomic E-state index is 0.179. The molecule has 0 unspecified atom stereocenters. The zero-order valence-corrected chi connectivity index (χ0v) is 22.3. The van der Waals surface area contributed by atoms with Crippen molar-refractivity contribution >= 4 is 22.7 Å². The Kier molecular flexibility index (Phi) is 5.74. The van der Waals surface area contributed by atoms with Crippen LogP contribution in [0, 0.1) is 13.8 Å². The Labute approximate surface area is 221 Å². The molecule has 3 aromatic heterocycles. The number of carbonyl (C=O) groups is 1. The third kappa shape index (κ3) is 4.12. The molecular weight excluding hydrogens is 482 g/mol. The first-order valence-corrected chi connectivity index (χ1v) is 12.9. The molecule has 2 aliphatic rings. The van der Waals surface area contributed by atoms with E-state index in [0.717, 1.165) is 62.9 Å². The van der Waals surface area contributed by atoms with Crippen LogP contribution in [0.25, 0.3) is 27.7 Å². The van der Waals surface area contributed by atoms with Crippen molar-refractivity contribution in [2.24, 2.45) is 0 Å². The number of nitrogens with zero attached hydrogens (tertiary/aromatic N) is 5. The van der Waals surface area contributed by atoms with Gasteiger partial charge in [0, 0.05) is 23.9 Å². The van der Waals surface area contributed by atoms with Gasteiger partial charge in [0.15, 0.2) is 5.75 Å². The molecule has 1 aromatic carbocycles. The van der Waals surface area contributed by atoms with E-state index < -0.39 is 5.60 Å². The molecule has 2 aliphatic heterocycles. The van der Waals surface area contributed by atoms with Crippen LogP contribution < -0.4 is 4.74 Å². The van der Waals surface area contributed by atoms with E-state index in [4.69, 9.17) is 19.0 Å². The number of hydrogen-bond acceptors (Lipinski definition) is 7. The van der Waals surface area contributed by atoms with Crippen LogP contribution in [0.4, 0.5) is 4.79 Å². The number of rotatable bonds is 3. The van der Waals surface area contributed by atoms with Crippen LogP contribution in [0.15, 0.2) is 47.1 Å². The number of pyridine rings is 1. The molecule has 38 heavy (non-hydrogen) atoms. The Hall–Kier alpha value is -4.14. The maximum Gasteiger partial charge on any atom is 0.410 e. The summed E-state index contributed by atoms with van der Waals surface area (Å²) < 4.78 is 19.8. The Morgan fingerprint density at radius 3 is 2.71 bits per heavy atom. The summed E-state index contributed by atoms with van der Waals surface area (Å²) in [7, 11) is 0. The fraction of sp³-hybridized carbons (Fsp3) is 0.379. The van der Waals surface area contributed by atoms with Gasteiger partial charge in [0.2, 0.25) is 0 Å². The average Bonchev–Trinajstić information content (AvgIpc) is 3.45. The molecule has 0 aliphatic carbocycles. The van der Waals surface area contributed by atoms with E-state index in [2.05, 4.69) is 20.8 Å². The maximum absolute atomic E-state index is 12.9. The first-order chi connectivity index (χ1) is 18.2. The molecule has 9 heteroatoms. The lowest BCUT2D eigenvalue weighted by atomic mass is 10.0. The van der Waals surface area contributed by atoms with Gasteiger partial charge in [0.1, 0.15) is 35.4 Å². The van der Waals surface area contributed by atoms with Gasteiger partial charge < -0.3 is 23.5 Å². The molecule has 0 fully saturated rings. The van der Waals surface area contributed by atoms with Crippen molar-refractivity contribution in [2.75, 3.05) is 19.7 Å². The molecule has 0 spiro atoms. The molecule has 0 N–H and O–H groups in total. The van der Waals surface area contributed by atoms with Gasteiger partial charge in [-0.05, 0) is 65.3 Å². The van der Waals surface area contributed by atoms with Gasteiger partial charge in [-0.3, -0.25) is 4.98 Å². The third-order valence-corrected chi connectivity index (χ3v) is 6.92. The minimum Gasteiger partial charge on any atom is -0.488 e. The first-order valence-electron chi connectivity index (χ1n) is 12.9. The third-order valence-electron chi connectivity index (χ3n) is 6.92. The molecule has 196 valence electrons. The quantitative estimate of drug-likeness (QED) is 0.346. The summed E-state index contributed by atoms with van der Waals surface area (Å²) in [5.74, 6) is 2.30. The van der Waals surface area contributed by atoms with Crippen LogP contribution in [-0.4, -0.2) is 56.0 Å². The van der Waals surface area contributed by atoms with Crippen molar-refractivity contribution < 1.29 is 18.8 Å². The van der Waals surface area contributed by atoms with Crippen LogP contribution in [-0.2, 0) is 4.74 Å². The SMILES string of the molecule is Cc1noc(C)c1-c1ccc2nc(C3=CCCN(C(=O)OC(C)(C)C)C3)n3c2c1OC[C@@H]3c1ccccn1. The van der Waals surface area contributed by atoms with Gasteiger partial charge in [-0.1, -0.05) is 17.3 Å². The topological polar surface area (TPSA) is 95.5 Å². The predicted octanol–water partition coefficient (Wildman–Crippen LogP) is 5.71. The highest BCUT2D eigenvalue weighted by atomic mass is 16.6. The summed E-state index contributed by atoms with van der Waals surface area (Å²) in [5, 5.41) is 4.16. The van der Waals surface area contributed by atoms with E-state index in [1.165, 1.54) is 0 Å². The van der Waals surface area contributed by atoms with Gasteiger partial charge in [-0.25, -0.2) is 9.78 Å². The Bertz CT molecular complexity index is 1540. The standard InChI is InChI=1S/C29H31N5O4/c1-17-24(18(2)38-32-17)20-11-12-22-25-26(20)36-16-23(21-10-6-7-13-30-21)34(25)27(31-22)19-9-8-14-33(15-19)28(35)37-29(3,4)5/h6-7,9-13,23H,8,14-16H2,1-5H3/t23-/m1/s1. The van der Waals surface area contributed by atoms with E-state index in [1.54, 1.807) is 11.1 Å². The van der Waals surface area contributed by atoms with Gasteiger partial charge >= 0.3 is 6.09 Å². The fourth-order valence-electron chi connectivity index (χ4n) is 5.31. The van der Waals surface area contributed by atoms with Gasteiger partial charge in [0.25, 0.3) is 0 Å². The van der Waals surface area contributed by atoms with Gasteiger partial charge in [-0.2, -0.15) is 0 Å². The molecule has 0 saturated heterocycles. The van der Waals surface area contributed by atoms with Gasteiger partial charge in [0.05, 0.1) is 29.0 Å². The van der Waals surface area contributed by atoms with Crippen LogP contribution in [0.3, 0.4) is 0 Å². The summed E-state index contributed by atoms with van der Waals surface area (Å²) >= 11 is 0. The monoisotopic (exact) mass is 513 g/mol. The molecule has 0 saturated carbocycles. The molecular formula is C29H31N5O4. The molecule has 9 nitrogen and oxygen atoms in total. The highest BCUT2D eigenvalue weighted by Gasteiger charge is 2.34. The van der Waals surface area contributed by atoms with Crippen LogP contribution in [0.1, 0.15) is 56.2 Å². The molecule has 1 amide bonds. The van der Waals surface area contributed by atoms with Crippen molar-refractivity contribution in [1.29, 1.82) is 0 Å². The first kappa shape index (κ1) is 24.2. The normalized spacial score (nSPS) is 17.3. The second-order valence-electron chi connectivity index (χ2n) is 10.8. The highest BCUT2D eigenvalue weighted by molar-refractivity contribution is 5.94. The summed E-state index contributed by atoms with van der Waals surface area (Å²) in [6.45, 7) is 10.9. The molecule has 0 bridgehead atoms. The second kappa shape index (κ2) is 9.01. The smallest absolute Gasteiger partial charge is 0.410 e. The summed E-state index contributed by atoms with van der Waals surface area (Å²) in [6.07, 6.45) is 4.37. The number of imidazole rings is 1. The van der Waals surface area contributed by atoms with Gasteiger partial charge in [-0.15, -0.1) is 0 Å². The number of amides is 1. The van der Waals surface area contributed by atoms with E-state index >= 15 is 0 Å². The van der Waals surface area contributed by atoms with Crippen molar-refractivity contribution in [3.8, 4) is 16.9 Å². The largest absolute Gasteiger partial charge is 0.488 e. The zero-order chi connectivity index (χ0) is 26.6. The molecule has 0 radical (unpaired) electrons. The van der Waals surface area contributed by atoms with E-state index in [-0.39, 0.29) is 12.1 Å². The number of aromatic nitrogens is 4. The van der Waals surface area contributed by atoms with Crippen molar-refractivity contribution in [3.63, 3.8) is 0 Å². The maximum atomic E-state index is 12.9. The number of aryl methyl sites for hydroxylation is 2. The van der Waals surface area contributed by atoms with Crippen LogP contribution in [0.5, 0.6) is 5.75 Å². The highest BCUT2D eigenvalue weighted by Crippen LogP contribution is 2.45. The number of ether oxygens (including phenoxy) is 2. The number of carbonyl (C=O) groups excluding carboxylic acids is 1. The zero-order valence-electron chi connectivity index (χ0n) is 22.3. The van der Waals surface area contributed by atoms with E-state index in [1.807, 2.05) is 65.0 Å². The Balaban J connectivity index is 1.51.